The van der Waals surface area contributed by atoms with Crippen molar-refractivity contribution in [3.63, 3.8) is 0 Å². The SMILES string of the molecule is O=C(NC[C@@]1(O)CCCc2ccccc21)c1ccc2n[nH]nc2c1. The lowest BCUT2D eigenvalue weighted by molar-refractivity contribution is 0.0189. The molecule has 6 nitrogen and oxygen atoms in total. The fraction of sp³-hybridized carbons (Fsp3) is 0.278. The Hall–Kier alpha value is -2.73. The molecule has 1 amide bonds. The van der Waals surface area contributed by atoms with Crippen molar-refractivity contribution < 1.29 is 9.90 Å². The van der Waals surface area contributed by atoms with Crippen molar-refractivity contribution in [3.8, 4) is 0 Å². The molecule has 3 N–H and O–H groups in total. The second kappa shape index (κ2) is 5.72. The van der Waals surface area contributed by atoms with Crippen molar-refractivity contribution in [1.82, 2.24) is 20.7 Å². The summed E-state index contributed by atoms with van der Waals surface area (Å²) in [6, 6.07) is 13.0. The van der Waals surface area contributed by atoms with Crippen LogP contribution < -0.4 is 5.32 Å². The van der Waals surface area contributed by atoms with Crippen LogP contribution in [0, 0.1) is 0 Å². The topological polar surface area (TPSA) is 90.9 Å². The van der Waals surface area contributed by atoms with Gasteiger partial charge in [0.15, 0.2) is 0 Å². The third-order valence-electron chi connectivity index (χ3n) is 4.68. The van der Waals surface area contributed by atoms with E-state index in [4.69, 9.17) is 0 Å². The second-order valence-corrected chi connectivity index (χ2v) is 6.25. The number of H-pyrrole nitrogens is 1. The summed E-state index contributed by atoms with van der Waals surface area (Å²) in [6.07, 6.45) is 2.52. The van der Waals surface area contributed by atoms with Crippen LogP contribution in [-0.2, 0) is 12.0 Å². The first kappa shape index (κ1) is 14.8. The largest absolute Gasteiger partial charge is 0.383 e. The lowest BCUT2D eigenvalue weighted by Crippen LogP contribution is -2.43. The van der Waals surface area contributed by atoms with Crippen LogP contribution in [0.3, 0.4) is 0 Å². The van der Waals surface area contributed by atoms with Gasteiger partial charge in [0.05, 0.1) is 6.54 Å². The zero-order chi connectivity index (χ0) is 16.6. The molecular formula is C18H18N4O2. The Kier molecular flexibility index (Phi) is 3.54. The lowest BCUT2D eigenvalue weighted by Gasteiger charge is -2.34. The van der Waals surface area contributed by atoms with E-state index in [9.17, 15) is 9.90 Å². The molecule has 0 unspecified atom stereocenters. The van der Waals surface area contributed by atoms with Gasteiger partial charge in [-0.25, -0.2) is 0 Å². The van der Waals surface area contributed by atoms with Gasteiger partial charge in [0.2, 0.25) is 0 Å². The minimum atomic E-state index is -1.01. The van der Waals surface area contributed by atoms with Crippen LogP contribution in [0.5, 0.6) is 0 Å². The van der Waals surface area contributed by atoms with Crippen molar-refractivity contribution in [3.05, 3.63) is 59.2 Å². The van der Waals surface area contributed by atoms with Crippen LogP contribution in [0.25, 0.3) is 11.0 Å². The van der Waals surface area contributed by atoms with Crippen molar-refractivity contribution in [2.75, 3.05) is 6.54 Å². The molecule has 122 valence electrons. The summed E-state index contributed by atoms with van der Waals surface area (Å²) in [6.45, 7) is 0.194. The average molecular weight is 322 g/mol. The highest BCUT2D eigenvalue weighted by Gasteiger charge is 2.34. The van der Waals surface area contributed by atoms with Crippen LogP contribution in [0.4, 0.5) is 0 Å². The normalized spacial score (nSPS) is 19.9. The molecular weight excluding hydrogens is 304 g/mol. The van der Waals surface area contributed by atoms with Gasteiger partial charge in [0, 0.05) is 5.56 Å². The molecule has 3 aromatic rings. The number of benzene rings is 2. The van der Waals surface area contributed by atoms with Crippen molar-refractivity contribution >= 4 is 16.9 Å². The number of carbonyl (C=O) groups is 1. The molecule has 4 rings (SSSR count). The Balaban J connectivity index is 1.53. The van der Waals surface area contributed by atoms with E-state index in [1.54, 1.807) is 18.2 Å². The molecule has 0 saturated heterocycles. The number of carbonyl (C=O) groups excluding carboxylic acids is 1. The van der Waals surface area contributed by atoms with E-state index in [0.29, 0.717) is 23.0 Å². The first-order valence-corrected chi connectivity index (χ1v) is 8.05. The van der Waals surface area contributed by atoms with Gasteiger partial charge in [-0.15, -0.1) is 0 Å². The lowest BCUT2D eigenvalue weighted by atomic mass is 9.79. The van der Waals surface area contributed by atoms with E-state index < -0.39 is 5.60 Å². The van der Waals surface area contributed by atoms with Gasteiger partial charge < -0.3 is 10.4 Å². The first-order chi connectivity index (χ1) is 11.7. The Labute approximate surface area is 138 Å². The highest BCUT2D eigenvalue weighted by atomic mass is 16.3. The maximum absolute atomic E-state index is 12.4. The van der Waals surface area contributed by atoms with E-state index in [-0.39, 0.29) is 12.5 Å². The zero-order valence-corrected chi connectivity index (χ0v) is 13.1. The highest BCUT2D eigenvalue weighted by Crippen LogP contribution is 2.34. The summed E-state index contributed by atoms with van der Waals surface area (Å²) < 4.78 is 0. The average Bonchev–Trinajstić information content (AvgIpc) is 3.08. The molecule has 0 aliphatic heterocycles. The van der Waals surface area contributed by atoms with E-state index in [2.05, 4.69) is 20.7 Å². The molecule has 1 aromatic heterocycles. The van der Waals surface area contributed by atoms with E-state index in [0.717, 1.165) is 24.0 Å². The summed E-state index contributed by atoms with van der Waals surface area (Å²) >= 11 is 0. The van der Waals surface area contributed by atoms with Crippen LogP contribution in [-0.4, -0.2) is 33.0 Å². The minimum absolute atomic E-state index is 0.194. The quantitative estimate of drug-likeness (QED) is 0.687. The van der Waals surface area contributed by atoms with Crippen LogP contribution in [0.2, 0.25) is 0 Å². The third kappa shape index (κ3) is 2.55. The molecule has 0 spiro atoms. The highest BCUT2D eigenvalue weighted by molar-refractivity contribution is 5.97. The van der Waals surface area contributed by atoms with Crippen molar-refractivity contribution in [2.24, 2.45) is 0 Å². The van der Waals surface area contributed by atoms with Gasteiger partial charge in [-0.2, -0.15) is 15.4 Å². The number of amides is 1. The molecule has 0 fully saturated rings. The Morgan fingerprint density at radius 1 is 1.21 bits per heavy atom. The number of nitrogens with one attached hydrogen (secondary N) is 2. The van der Waals surface area contributed by atoms with Crippen molar-refractivity contribution in [1.29, 1.82) is 0 Å². The fourth-order valence-corrected chi connectivity index (χ4v) is 3.39. The maximum atomic E-state index is 12.4. The van der Waals surface area contributed by atoms with Gasteiger partial charge in [0.25, 0.3) is 5.91 Å². The number of aromatic nitrogens is 3. The monoisotopic (exact) mass is 322 g/mol. The van der Waals surface area contributed by atoms with Crippen LogP contribution in [0.15, 0.2) is 42.5 Å². The molecule has 24 heavy (non-hydrogen) atoms. The first-order valence-electron chi connectivity index (χ1n) is 8.05. The Morgan fingerprint density at radius 2 is 2.04 bits per heavy atom. The Bertz CT molecular complexity index is 905. The van der Waals surface area contributed by atoms with E-state index in [1.807, 2.05) is 24.3 Å². The number of aromatic amines is 1. The number of aliphatic hydroxyl groups is 1. The van der Waals surface area contributed by atoms with Gasteiger partial charge in [-0.3, -0.25) is 4.79 Å². The maximum Gasteiger partial charge on any atom is 0.251 e. The van der Waals surface area contributed by atoms with Crippen LogP contribution in [0.1, 0.15) is 34.3 Å². The van der Waals surface area contributed by atoms with Gasteiger partial charge in [0.1, 0.15) is 16.6 Å². The molecule has 1 aliphatic rings. The Morgan fingerprint density at radius 3 is 2.96 bits per heavy atom. The van der Waals surface area contributed by atoms with Gasteiger partial charge in [-0.05, 0) is 48.6 Å². The smallest absolute Gasteiger partial charge is 0.251 e. The molecule has 1 atom stereocenters. The summed E-state index contributed by atoms with van der Waals surface area (Å²) in [5.74, 6) is -0.226. The van der Waals surface area contributed by atoms with E-state index >= 15 is 0 Å². The molecule has 6 heteroatoms. The number of hydrogen-bond acceptors (Lipinski definition) is 4. The fourth-order valence-electron chi connectivity index (χ4n) is 3.39. The summed E-state index contributed by atoms with van der Waals surface area (Å²) in [7, 11) is 0. The number of aryl methyl sites for hydroxylation is 1. The predicted molar refractivity (Wildman–Crippen MR) is 89.5 cm³/mol. The second-order valence-electron chi connectivity index (χ2n) is 6.25. The molecule has 1 aliphatic carbocycles. The molecule has 1 heterocycles. The summed E-state index contributed by atoms with van der Waals surface area (Å²) in [5, 5.41) is 24.4. The van der Waals surface area contributed by atoms with Gasteiger partial charge in [-0.1, -0.05) is 24.3 Å². The minimum Gasteiger partial charge on any atom is -0.383 e. The van der Waals surface area contributed by atoms with E-state index in [1.165, 1.54) is 0 Å². The standard InChI is InChI=1S/C18H18N4O2/c23-17(13-7-8-15-16(10-13)21-22-20-15)19-11-18(24)9-3-5-12-4-1-2-6-14(12)18/h1-2,4,6-8,10,24H,3,5,9,11H2,(H,19,23)(H,20,21,22)/t18-/m0/s1. The van der Waals surface area contributed by atoms with Gasteiger partial charge >= 0.3 is 0 Å². The van der Waals surface area contributed by atoms with Crippen molar-refractivity contribution in [2.45, 2.75) is 24.9 Å². The zero-order valence-electron chi connectivity index (χ0n) is 13.1. The molecule has 2 aromatic carbocycles. The summed E-state index contributed by atoms with van der Waals surface area (Å²) in [5.41, 5.74) is 2.93. The number of fused-ring (bicyclic) bond motifs is 2. The molecule has 0 radical (unpaired) electrons. The third-order valence-corrected chi connectivity index (χ3v) is 4.68. The number of rotatable bonds is 3. The van der Waals surface area contributed by atoms with Crippen LogP contribution >= 0.6 is 0 Å². The summed E-state index contributed by atoms with van der Waals surface area (Å²) in [4.78, 5) is 12.4. The predicted octanol–water partition coefficient (Wildman–Crippen LogP) is 1.91. The molecule has 0 saturated carbocycles. The molecule has 0 bridgehead atoms. The number of nitrogens with zero attached hydrogens (tertiary/aromatic N) is 2. The number of hydrogen-bond donors (Lipinski definition) is 3.